The second kappa shape index (κ2) is 24.4. The van der Waals surface area contributed by atoms with Gasteiger partial charge in [-0.2, -0.15) is 0 Å². The van der Waals surface area contributed by atoms with E-state index in [2.05, 4.69) is 67.6 Å². The van der Waals surface area contributed by atoms with Gasteiger partial charge in [-0.05, 0) is 97.8 Å². The fourth-order valence-electron chi connectivity index (χ4n) is 12.9. The molecule has 428 valence electrons. The Bertz CT molecular complexity index is 2270. The Morgan fingerprint density at radius 2 is 1.39 bits per heavy atom. The van der Waals surface area contributed by atoms with E-state index in [1.807, 2.05) is 71.1 Å². The van der Waals surface area contributed by atoms with E-state index >= 15 is 9.59 Å². The van der Waals surface area contributed by atoms with Crippen molar-refractivity contribution in [3.8, 4) is 0 Å². The van der Waals surface area contributed by atoms with Crippen molar-refractivity contribution >= 4 is 76.1 Å². The molecule has 1 amide bonds. The third kappa shape index (κ3) is 11.9. The Balaban J connectivity index is 1.71. The summed E-state index contributed by atoms with van der Waals surface area (Å²) in [6, 6.07) is 12.8. The lowest BCUT2D eigenvalue weighted by Gasteiger charge is -2.68. The summed E-state index contributed by atoms with van der Waals surface area (Å²) in [5.74, 6) is -2.46. The number of rotatable bonds is 14. The van der Waals surface area contributed by atoms with Crippen LogP contribution in [0.3, 0.4) is 0 Å². The molecule has 0 radical (unpaired) electrons. The molecule has 2 saturated carbocycles. The van der Waals surface area contributed by atoms with Gasteiger partial charge in [-0.1, -0.05) is 128 Å². The molecule has 3 bridgehead atoms. The lowest BCUT2D eigenvalue weighted by atomic mass is 9.44. The Labute approximate surface area is 465 Å². The Morgan fingerprint density at radius 3 is 1.92 bits per heavy atom. The predicted octanol–water partition coefficient (Wildman–Crippen LogP) is 11.6. The highest BCUT2D eigenvalue weighted by molar-refractivity contribution is 8.76. The van der Waals surface area contributed by atoms with Crippen LogP contribution >= 0.6 is 21.6 Å². The predicted molar refractivity (Wildman–Crippen MR) is 308 cm³/mol. The molecule has 2 N–H and O–H groups in total. The third-order valence-electron chi connectivity index (χ3n) is 19.3. The maximum absolute atomic E-state index is 17.2. The first-order chi connectivity index (χ1) is 35.6. The van der Waals surface area contributed by atoms with E-state index < -0.39 is 113 Å². The molecule has 2 heterocycles. The highest BCUT2D eigenvalue weighted by atomic mass is 33.1. The van der Waals surface area contributed by atoms with Gasteiger partial charge in [0.25, 0.3) is 0 Å². The van der Waals surface area contributed by atoms with Gasteiger partial charge in [-0.25, -0.2) is 4.79 Å². The number of hydrogen-bond donors (Lipinski definition) is 2. The minimum Gasteiger partial charge on any atom is -0.459 e. The molecular formula is C57H93NO13S2Si3. The van der Waals surface area contributed by atoms with Crippen LogP contribution in [-0.4, -0.2) is 126 Å². The molecule has 0 aromatic heterocycles. The van der Waals surface area contributed by atoms with Gasteiger partial charge in [0.05, 0.1) is 30.1 Å². The second-order valence-corrected chi connectivity index (χ2v) is 41.5. The monoisotopic (exact) mass is 1150 g/mol. The molecule has 0 spiro atoms. The fourth-order valence-corrected chi connectivity index (χ4v) is 21.9. The van der Waals surface area contributed by atoms with Crippen LogP contribution in [0.25, 0.3) is 0 Å². The summed E-state index contributed by atoms with van der Waals surface area (Å²) in [6.07, 6.45) is -5.82. The van der Waals surface area contributed by atoms with Crippen LogP contribution in [0.4, 0.5) is 0 Å². The molecule has 11 atom stereocenters. The minimum absolute atomic E-state index is 0.00482. The molecule has 5 aliphatic rings. The summed E-state index contributed by atoms with van der Waals surface area (Å²) in [6.45, 7) is 31.7. The number of aliphatic hydroxyl groups is 1. The zero-order chi connectivity index (χ0) is 56.5. The van der Waals surface area contributed by atoms with Gasteiger partial charge >= 0.3 is 17.9 Å². The third-order valence-corrected chi connectivity index (χ3v) is 35.6. The fraction of sp³-hybridized carbons (Fsp3) is 0.772. The number of hydrogen-bond acceptors (Lipinski definition) is 15. The van der Waals surface area contributed by atoms with E-state index in [0.717, 1.165) is 18.1 Å². The number of Topliss-reactive ketones (excluding diaryl/α,β-unsaturated/α-hetero) is 1. The highest BCUT2D eigenvalue weighted by Crippen LogP contribution is 2.65. The van der Waals surface area contributed by atoms with E-state index in [1.165, 1.54) is 6.92 Å². The van der Waals surface area contributed by atoms with Gasteiger partial charge in [0.2, 0.25) is 5.91 Å². The summed E-state index contributed by atoms with van der Waals surface area (Å²) in [7, 11) is -4.97. The Kier molecular flexibility index (Phi) is 20.2. The van der Waals surface area contributed by atoms with Crippen molar-refractivity contribution in [2.24, 2.45) is 16.7 Å². The number of carbonyl (C=O) groups excluding carboxylic acids is 5. The van der Waals surface area contributed by atoms with E-state index in [-0.39, 0.29) is 49.0 Å². The van der Waals surface area contributed by atoms with Crippen molar-refractivity contribution in [1.82, 2.24) is 5.32 Å². The van der Waals surface area contributed by atoms with Crippen LogP contribution in [-0.2, 0) is 56.2 Å². The average molecular weight is 1150 g/mol. The first-order valence-corrected chi connectivity index (χ1v) is 38.8. The average Bonchev–Trinajstić information content (AvgIpc) is 3.41. The molecule has 76 heavy (non-hydrogen) atoms. The molecule has 4 fully saturated rings. The maximum atomic E-state index is 17.2. The van der Waals surface area contributed by atoms with Gasteiger partial charge in [0.15, 0.2) is 42.4 Å². The summed E-state index contributed by atoms with van der Waals surface area (Å²) in [5.41, 5.74) is -5.06. The van der Waals surface area contributed by atoms with Crippen molar-refractivity contribution in [2.75, 3.05) is 18.1 Å². The highest BCUT2D eigenvalue weighted by Gasteiger charge is 2.79. The first-order valence-electron chi connectivity index (χ1n) is 28.4. The lowest BCUT2D eigenvalue weighted by Crippen LogP contribution is -2.82. The van der Waals surface area contributed by atoms with Crippen LogP contribution in [0, 0.1) is 16.7 Å². The van der Waals surface area contributed by atoms with E-state index in [9.17, 15) is 19.5 Å². The molecule has 1 aromatic rings. The van der Waals surface area contributed by atoms with Crippen LogP contribution in [0.2, 0.25) is 54.4 Å². The largest absolute Gasteiger partial charge is 0.459 e. The molecule has 0 unspecified atom stereocenters. The summed E-state index contributed by atoms with van der Waals surface area (Å²) < 4.78 is 49.2. The molecule has 1 aromatic carbocycles. The molecule has 2 aliphatic heterocycles. The van der Waals surface area contributed by atoms with E-state index in [4.69, 9.17) is 32.2 Å². The Hall–Kier alpha value is -2.34. The van der Waals surface area contributed by atoms with E-state index in [0.29, 0.717) is 59.2 Å². The van der Waals surface area contributed by atoms with Crippen molar-refractivity contribution in [2.45, 2.75) is 244 Å². The van der Waals surface area contributed by atoms with Crippen molar-refractivity contribution in [1.29, 1.82) is 0 Å². The molecular weight excluding hydrogens is 1060 g/mol. The zero-order valence-corrected chi connectivity index (χ0v) is 53.4. The number of carbonyl (C=O) groups is 5. The van der Waals surface area contributed by atoms with Gasteiger partial charge < -0.3 is 42.6 Å². The number of fused-ring (bicyclic) bond motifs is 6. The van der Waals surface area contributed by atoms with Crippen molar-refractivity contribution < 1.29 is 61.3 Å². The van der Waals surface area contributed by atoms with Crippen LogP contribution in [0.5, 0.6) is 0 Å². The van der Waals surface area contributed by atoms with Crippen LogP contribution in [0.1, 0.15) is 147 Å². The molecule has 6 rings (SSSR count). The summed E-state index contributed by atoms with van der Waals surface area (Å²) in [5, 5.41) is 17.5. The maximum Gasteiger partial charge on any atom is 0.337 e. The minimum atomic E-state index is -2.85. The smallest absolute Gasteiger partial charge is 0.337 e. The van der Waals surface area contributed by atoms with Gasteiger partial charge in [0, 0.05) is 49.5 Å². The van der Waals surface area contributed by atoms with Gasteiger partial charge in [-0.15, -0.1) is 0 Å². The van der Waals surface area contributed by atoms with Gasteiger partial charge in [0.1, 0.15) is 30.0 Å². The molecule has 2 saturated heterocycles. The van der Waals surface area contributed by atoms with Crippen LogP contribution < -0.4 is 5.32 Å². The normalized spacial score (nSPS) is 33.3. The number of nitrogens with one attached hydrogen (secondary N) is 1. The van der Waals surface area contributed by atoms with Crippen LogP contribution in [0.15, 0.2) is 41.5 Å². The quantitative estimate of drug-likeness (QED) is 0.0590. The van der Waals surface area contributed by atoms with Crippen molar-refractivity contribution in [3.63, 3.8) is 0 Å². The molecule has 14 nitrogen and oxygen atoms in total. The SMILES string of the molecule is CC[Si](CC)(CC)O[C@@H]1C(=O)[C@]2(C)[C@@H](O[Si](CC)(CC)CC)C[C@H]3OC[C@]3(OC(C)=O)[C@H]2[C@H]2OC(=O)CCCSSCCCC(=O)N[C@H](c3ccccc3)[C@H](O[Si](C)(C)C(C)(C)C)C(=O)O[C@@H]3C[C@]2(O)C(C)(C)C1=C3C. The number of benzene rings is 1. The Morgan fingerprint density at radius 1 is 0.829 bits per heavy atom. The molecule has 19 heteroatoms. The number of esters is 3. The topological polar surface area (TPSA) is 182 Å². The zero-order valence-electron chi connectivity index (χ0n) is 48.8. The second-order valence-electron chi connectivity index (χ2n) is 24.6. The van der Waals surface area contributed by atoms with Gasteiger partial charge in [-0.3, -0.25) is 19.2 Å². The lowest BCUT2D eigenvalue weighted by molar-refractivity contribution is -0.346. The van der Waals surface area contributed by atoms with E-state index in [1.54, 1.807) is 21.6 Å². The number of ether oxygens (including phenoxy) is 4. The summed E-state index contributed by atoms with van der Waals surface area (Å²) >= 11 is 0. The molecule has 3 aliphatic carbocycles. The first kappa shape index (κ1) is 62.9. The summed E-state index contributed by atoms with van der Waals surface area (Å²) in [4.78, 5) is 75.6. The number of ketones is 1. The number of amides is 1. The van der Waals surface area contributed by atoms with Crippen molar-refractivity contribution in [3.05, 3.63) is 47.0 Å². The standard InChI is InChI=1S/C57H93NO13S2Si3/c1-17-75(18-2,19-3)69-41-34-42-56(36-65-42,68-38(8)59)49-51-57(64)35-40(37(7)45(54(57,12)13)47(50(62)55(41,49)14)71-76(20-4,21-5)22-6)66-52(63)48(70-74(15,16)53(9,10)11)46(39-28-24-23-25-29-39)58-43(60)30-26-32-72-73-33-27-31-44(61)67-51/h23-25,28-29,40-42,46-49,51,64H,17-22,26-27,30-36H2,1-16H3,(H,58,60)/t40-,41+,42-,46-,47+,48+,49+,51-,55-,56-,57-/m1/s1.